The van der Waals surface area contributed by atoms with E-state index in [1.807, 2.05) is 0 Å². The van der Waals surface area contributed by atoms with Gasteiger partial charge in [0.05, 0.1) is 12.4 Å². The van der Waals surface area contributed by atoms with Crippen LogP contribution in [0, 0.1) is 0 Å². The molecular weight excluding hydrogens is 168 g/mol. The lowest BCUT2D eigenvalue weighted by Crippen LogP contribution is -2.10. The summed E-state index contributed by atoms with van der Waals surface area (Å²) < 4.78 is 26.0. The van der Waals surface area contributed by atoms with Crippen LogP contribution in [-0.4, -0.2) is 27.1 Å². The van der Waals surface area contributed by atoms with E-state index < -0.39 is 10.1 Å². The quantitative estimate of drug-likeness (QED) is 0.336. The van der Waals surface area contributed by atoms with Crippen LogP contribution in [0.5, 0.6) is 0 Å². The van der Waals surface area contributed by atoms with E-state index >= 15 is 0 Å². The second-order valence-corrected chi connectivity index (χ2v) is 3.74. The van der Waals surface area contributed by atoms with Crippen LogP contribution in [0.2, 0.25) is 0 Å². The number of aldehydes is 1. The van der Waals surface area contributed by atoms with Crippen molar-refractivity contribution in [1.82, 2.24) is 0 Å². The summed E-state index contributed by atoms with van der Waals surface area (Å²) in [5, 5.41) is 0. The molecular formula is C6H12O4S. The third kappa shape index (κ3) is 6.00. The van der Waals surface area contributed by atoms with Crippen LogP contribution < -0.4 is 0 Å². The first-order valence-electron chi connectivity index (χ1n) is 3.43. The Labute approximate surface area is 66.7 Å². The minimum atomic E-state index is -3.36. The lowest BCUT2D eigenvalue weighted by Gasteiger charge is -1.99. The van der Waals surface area contributed by atoms with Crippen LogP contribution in [0.25, 0.3) is 0 Å². The maximum Gasteiger partial charge on any atom is 0.267 e. The highest BCUT2D eigenvalue weighted by atomic mass is 32.2. The van der Waals surface area contributed by atoms with Crippen LogP contribution in [0.3, 0.4) is 0 Å². The first-order valence-corrected chi connectivity index (χ1v) is 5.01. The molecule has 0 aromatic heterocycles. The second-order valence-electron chi connectivity index (χ2n) is 1.98. The zero-order valence-corrected chi connectivity index (χ0v) is 7.26. The molecule has 0 atom stereocenters. The summed E-state index contributed by atoms with van der Waals surface area (Å²) in [5.74, 6) is -0.0699. The standard InChI is InChI=1S/C6H12O4S/c1-2-10-11(8,9)6-4-3-5-7/h5H,2-4,6H2,1H3. The molecule has 0 radical (unpaired) electrons. The summed E-state index contributed by atoms with van der Waals surface area (Å²) in [6.07, 6.45) is 1.31. The van der Waals surface area contributed by atoms with Crippen molar-refractivity contribution in [3.05, 3.63) is 0 Å². The molecule has 0 rings (SSSR count). The average Bonchev–Trinajstić information content (AvgIpc) is 1.87. The predicted molar refractivity (Wildman–Crippen MR) is 40.7 cm³/mol. The van der Waals surface area contributed by atoms with Crippen LogP contribution in [0.15, 0.2) is 0 Å². The van der Waals surface area contributed by atoms with Gasteiger partial charge >= 0.3 is 0 Å². The lowest BCUT2D eigenvalue weighted by molar-refractivity contribution is -0.107. The molecule has 5 heteroatoms. The smallest absolute Gasteiger partial charge is 0.267 e. The van der Waals surface area contributed by atoms with Gasteiger partial charge in [-0.2, -0.15) is 8.42 Å². The number of rotatable bonds is 6. The van der Waals surface area contributed by atoms with Gasteiger partial charge < -0.3 is 4.79 Å². The maximum absolute atomic E-state index is 10.8. The Morgan fingerprint density at radius 1 is 1.45 bits per heavy atom. The van der Waals surface area contributed by atoms with E-state index in [2.05, 4.69) is 4.18 Å². The van der Waals surface area contributed by atoms with E-state index in [4.69, 9.17) is 0 Å². The van der Waals surface area contributed by atoms with Gasteiger partial charge in [-0.3, -0.25) is 4.18 Å². The van der Waals surface area contributed by atoms with Crippen molar-refractivity contribution in [2.24, 2.45) is 0 Å². The molecule has 0 N–H and O–H groups in total. The van der Waals surface area contributed by atoms with E-state index in [-0.39, 0.29) is 18.8 Å². The summed E-state index contributed by atoms with van der Waals surface area (Å²) in [7, 11) is -3.36. The number of carbonyl (C=O) groups is 1. The Balaban J connectivity index is 3.64. The van der Waals surface area contributed by atoms with Crippen molar-refractivity contribution in [1.29, 1.82) is 0 Å². The minimum absolute atomic E-state index is 0.0699. The van der Waals surface area contributed by atoms with Gasteiger partial charge in [-0.05, 0) is 13.3 Å². The average molecular weight is 180 g/mol. The topological polar surface area (TPSA) is 60.4 Å². The Hall–Kier alpha value is -0.420. The zero-order valence-electron chi connectivity index (χ0n) is 6.45. The van der Waals surface area contributed by atoms with Crippen molar-refractivity contribution < 1.29 is 17.4 Å². The molecule has 0 fully saturated rings. The molecule has 0 saturated heterocycles. The van der Waals surface area contributed by atoms with Gasteiger partial charge in [-0.15, -0.1) is 0 Å². The highest BCUT2D eigenvalue weighted by Gasteiger charge is 2.08. The molecule has 0 aliphatic heterocycles. The Bertz CT molecular complexity index is 195. The number of unbranched alkanes of at least 4 members (excludes halogenated alkanes) is 1. The summed E-state index contributed by atoms with van der Waals surface area (Å²) in [5.41, 5.74) is 0. The maximum atomic E-state index is 10.8. The van der Waals surface area contributed by atoms with E-state index in [1.54, 1.807) is 6.92 Å². The first kappa shape index (κ1) is 10.6. The van der Waals surface area contributed by atoms with Gasteiger partial charge in [-0.25, -0.2) is 0 Å². The molecule has 0 unspecified atom stereocenters. The summed E-state index contributed by atoms with van der Waals surface area (Å²) in [4.78, 5) is 9.81. The van der Waals surface area contributed by atoms with Crippen molar-refractivity contribution in [2.45, 2.75) is 19.8 Å². The number of hydrogen-bond acceptors (Lipinski definition) is 4. The molecule has 0 saturated carbocycles. The van der Waals surface area contributed by atoms with Crippen molar-refractivity contribution in [3.63, 3.8) is 0 Å². The van der Waals surface area contributed by atoms with Gasteiger partial charge in [0.15, 0.2) is 0 Å². The van der Waals surface area contributed by atoms with Crippen LogP contribution >= 0.6 is 0 Å². The fourth-order valence-electron chi connectivity index (χ4n) is 0.582. The molecule has 66 valence electrons. The molecule has 0 spiro atoms. The fraction of sp³-hybridized carbons (Fsp3) is 0.833. The monoisotopic (exact) mass is 180 g/mol. The van der Waals surface area contributed by atoms with Crippen molar-refractivity contribution >= 4 is 16.4 Å². The molecule has 0 aliphatic rings. The largest absolute Gasteiger partial charge is 0.303 e. The molecule has 4 nitrogen and oxygen atoms in total. The van der Waals surface area contributed by atoms with Crippen LogP contribution in [0.4, 0.5) is 0 Å². The number of hydrogen-bond donors (Lipinski definition) is 0. The van der Waals surface area contributed by atoms with Gasteiger partial charge in [0.25, 0.3) is 10.1 Å². The highest BCUT2D eigenvalue weighted by molar-refractivity contribution is 7.86. The minimum Gasteiger partial charge on any atom is -0.303 e. The first-order chi connectivity index (χ1) is 5.12. The third-order valence-corrected chi connectivity index (χ3v) is 2.40. The number of carbonyl (C=O) groups excluding carboxylic acids is 1. The molecule has 0 aromatic carbocycles. The zero-order chi connectivity index (χ0) is 8.74. The molecule has 0 aliphatic carbocycles. The molecule has 0 amide bonds. The van der Waals surface area contributed by atoms with Gasteiger partial charge in [0.1, 0.15) is 6.29 Å². The SMILES string of the molecule is CCOS(=O)(=O)CCCC=O. The molecule has 0 heterocycles. The summed E-state index contributed by atoms with van der Waals surface area (Å²) in [6.45, 7) is 1.76. The van der Waals surface area contributed by atoms with Gasteiger partial charge in [-0.1, -0.05) is 0 Å². The second kappa shape index (κ2) is 5.26. The van der Waals surface area contributed by atoms with E-state index in [0.717, 1.165) is 0 Å². The Kier molecular flexibility index (Phi) is 5.06. The Morgan fingerprint density at radius 2 is 2.09 bits per heavy atom. The molecule has 0 bridgehead atoms. The third-order valence-electron chi connectivity index (χ3n) is 1.01. The predicted octanol–water partition coefficient (Wildman–Crippen LogP) is 0.332. The van der Waals surface area contributed by atoms with Crippen LogP contribution in [-0.2, 0) is 19.1 Å². The van der Waals surface area contributed by atoms with Gasteiger partial charge in [0, 0.05) is 6.42 Å². The van der Waals surface area contributed by atoms with E-state index in [9.17, 15) is 13.2 Å². The lowest BCUT2D eigenvalue weighted by atomic mass is 10.4. The Morgan fingerprint density at radius 3 is 2.55 bits per heavy atom. The van der Waals surface area contributed by atoms with Crippen LogP contribution in [0.1, 0.15) is 19.8 Å². The van der Waals surface area contributed by atoms with E-state index in [1.165, 1.54) is 0 Å². The van der Waals surface area contributed by atoms with Gasteiger partial charge in [0.2, 0.25) is 0 Å². The molecule has 0 aromatic rings. The fourth-order valence-corrected chi connectivity index (χ4v) is 1.58. The molecule has 11 heavy (non-hydrogen) atoms. The van der Waals surface area contributed by atoms with Crippen molar-refractivity contribution in [2.75, 3.05) is 12.4 Å². The highest BCUT2D eigenvalue weighted by Crippen LogP contribution is 1.97. The summed E-state index contributed by atoms with van der Waals surface area (Å²) >= 11 is 0. The normalized spacial score (nSPS) is 11.4. The van der Waals surface area contributed by atoms with E-state index in [0.29, 0.717) is 12.7 Å². The van der Waals surface area contributed by atoms with Crippen molar-refractivity contribution in [3.8, 4) is 0 Å². The summed E-state index contributed by atoms with van der Waals surface area (Å²) in [6, 6.07) is 0.